The number of nitrogens with two attached hydrogens (primary N) is 1. The predicted molar refractivity (Wildman–Crippen MR) is 80.1 cm³/mol. The van der Waals surface area contributed by atoms with Gasteiger partial charge in [0.15, 0.2) is 0 Å². The zero-order chi connectivity index (χ0) is 12.7. The summed E-state index contributed by atoms with van der Waals surface area (Å²) in [5.74, 6) is 1.06. The third-order valence-corrected chi connectivity index (χ3v) is 4.10. The molecular weight excluding hydrogens is 290 g/mol. The van der Waals surface area contributed by atoms with Gasteiger partial charge in [-0.15, -0.1) is 0 Å². The van der Waals surface area contributed by atoms with Crippen LogP contribution >= 0.6 is 15.9 Å². The lowest BCUT2D eigenvalue weighted by molar-refractivity contribution is 0.749. The number of hydrogen-bond donors (Lipinski definition) is 1. The molecule has 0 saturated heterocycles. The van der Waals surface area contributed by atoms with Crippen LogP contribution in [0.15, 0.2) is 22.7 Å². The molecule has 0 saturated carbocycles. The Balaban J connectivity index is 2.31. The summed E-state index contributed by atoms with van der Waals surface area (Å²) in [5, 5.41) is 1.05. The number of nitrogen functional groups attached to an aromatic ring is 1. The molecule has 1 aliphatic rings. The molecule has 18 heavy (non-hydrogen) atoms. The van der Waals surface area contributed by atoms with E-state index in [1.54, 1.807) is 0 Å². The van der Waals surface area contributed by atoms with Crippen LogP contribution in [-0.4, -0.2) is 18.6 Å². The third-order valence-electron chi connectivity index (χ3n) is 3.60. The molecule has 2 heterocycles. The summed E-state index contributed by atoms with van der Waals surface area (Å²) in [5.41, 5.74) is 9.43. The van der Waals surface area contributed by atoms with Gasteiger partial charge in [0.05, 0.1) is 5.52 Å². The lowest BCUT2D eigenvalue weighted by atomic mass is 10.0. The molecule has 0 amide bonds. The highest BCUT2D eigenvalue weighted by molar-refractivity contribution is 9.10. The minimum atomic E-state index is 0.894. The topological polar surface area (TPSA) is 42.2 Å². The van der Waals surface area contributed by atoms with Crippen molar-refractivity contribution in [3.05, 3.63) is 28.2 Å². The maximum absolute atomic E-state index is 6.35. The van der Waals surface area contributed by atoms with E-state index in [2.05, 4.69) is 33.9 Å². The average molecular weight is 306 g/mol. The first-order valence-corrected chi connectivity index (χ1v) is 7.05. The van der Waals surface area contributed by atoms with Crippen LogP contribution < -0.4 is 10.6 Å². The molecule has 3 rings (SSSR count). The fraction of sp³-hybridized carbons (Fsp3) is 0.357. The molecule has 2 N–H and O–H groups in total. The highest BCUT2D eigenvalue weighted by atomic mass is 79.9. The zero-order valence-electron chi connectivity index (χ0n) is 10.4. The molecular formula is C14H16BrN3. The molecule has 0 bridgehead atoms. The number of rotatable bonds is 0. The molecule has 1 aromatic carbocycles. The lowest BCUT2D eigenvalue weighted by Gasteiger charge is -2.20. The Bertz CT molecular complexity index is 610. The number of aromatic nitrogens is 1. The summed E-state index contributed by atoms with van der Waals surface area (Å²) >= 11 is 3.50. The number of benzene rings is 1. The Hall–Kier alpha value is -1.29. The molecule has 0 unspecified atom stereocenters. The molecule has 1 aromatic heterocycles. The van der Waals surface area contributed by atoms with Gasteiger partial charge < -0.3 is 10.6 Å². The molecule has 3 nitrogen and oxygen atoms in total. The quantitative estimate of drug-likeness (QED) is 0.811. The smallest absolute Gasteiger partial charge is 0.134 e. The lowest BCUT2D eigenvalue weighted by Crippen LogP contribution is -2.19. The minimum absolute atomic E-state index is 0.894. The first kappa shape index (κ1) is 11.8. The normalized spacial score (nSPS) is 15.6. The monoisotopic (exact) mass is 305 g/mol. The largest absolute Gasteiger partial charge is 0.398 e. The SMILES string of the molecule is CN1CCCCc2c1nc1ccc(Br)cc1c2N. The molecule has 2 aromatic rings. The van der Waals surface area contributed by atoms with E-state index in [0.717, 1.165) is 39.8 Å². The summed E-state index contributed by atoms with van der Waals surface area (Å²) in [7, 11) is 2.10. The molecule has 94 valence electrons. The van der Waals surface area contributed by atoms with E-state index < -0.39 is 0 Å². The van der Waals surface area contributed by atoms with E-state index in [1.807, 2.05) is 12.1 Å². The van der Waals surface area contributed by atoms with E-state index in [-0.39, 0.29) is 0 Å². The van der Waals surface area contributed by atoms with Gasteiger partial charge in [0.1, 0.15) is 5.82 Å². The van der Waals surface area contributed by atoms with E-state index in [4.69, 9.17) is 10.7 Å². The molecule has 0 fully saturated rings. The van der Waals surface area contributed by atoms with Crippen molar-refractivity contribution in [1.82, 2.24) is 4.98 Å². The van der Waals surface area contributed by atoms with Crippen LogP contribution in [0.2, 0.25) is 0 Å². The van der Waals surface area contributed by atoms with Crippen LogP contribution in [0.5, 0.6) is 0 Å². The predicted octanol–water partition coefficient (Wildman–Crippen LogP) is 3.35. The van der Waals surface area contributed by atoms with Gasteiger partial charge in [-0.25, -0.2) is 4.98 Å². The van der Waals surface area contributed by atoms with Crippen LogP contribution in [0.1, 0.15) is 18.4 Å². The van der Waals surface area contributed by atoms with Crippen molar-refractivity contribution >= 4 is 38.3 Å². The first-order chi connectivity index (χ1) is 8.66. The highest BCUT2D eigenvalue weighted by Gasteiger charge is 2.18. The van der Waals surface area contributed by atoms with Crippen LogP contribution in [0.3, 0.4) is 0 Å². The second kappa shape index (κ2) is 4.43. The molecule has 0 spiro atoms. The molecule has 1 aliphatic heterocycles. The maximum atomic E-state index is 6.35. The number of fused-ring (bicyclic) bond motifs is 2. The van der Waals surface area contributed by atoms with Gasteiger partial charge in [0.25, 0.3) is 0 Å². The fourth-order valence-corrected chi connectivity index (χ4v) is 2.97. The standard InChI is InChI=1S/C14H16BrN3/c1-18-7-3-2-4-10-13(16)11-8-9(15)5-6-12(11)17-14(10)18/h5-6,8H,2-4,7H2,1H3,(H2,16,17). The Kier molecular flexibility index (Phi) is 2.90. The summed E-state index contributed by atoms with van der Waals surface area (Å²) in [6.07, 6.45) is 3.41. The number of halogens is 1. The van der Waals surface area contributed by atoms with E-state index >= 15 is 0 Å². The second-order valence-electron chi connectivity index (χ2n) is 4.87. The van der Waals surface area contributed by atoms with Gasteiger partial charge in [-0.3, -0.25) is 0 Å². The van der Waals surface area contributed by atoms with Crippen molar-refractivity contribution in [1.29, 1.82) is 0 Å². The Labute approximate surface area is 115 Å². The van der Waals surface area contributed by atoms with Gasteiger partial charge in [0, 0.05) is 34.7 Å². The molecule has 0 atom stereocenters. The average Bonchev–Trinajstić information content (AvgIpc) is 2.54. The van der Waals surface area contributed by atoms with Crippen LogP contribution in [0, 0.1) is 0 Å². The van der Waals surface area contributed by atoms with Crippen molar-refractivity contribution in [3.8, 4) is 0 Å². The first-order valence-electron chi connectivity index (χ1n) is 6.25. The van der Waals surface area contributed by atoms with E-state index in [1.165, 1.54) is 18.4 Å². The van der Waals surface area contributed by atoms with Crippen molar-refractivity contribution < 1.29 is 0 Å². The number of hydrogen-bond acceptors (Lipinski definition) is 3. The van der Waals surface area contributed by atoms with Crippen LogP contribution in [0.25, 0.3) is 10.9 Å². The van der Waals surface area contributed by atoms with Gasteiger partial charge in [0.2, 0.25) is 0 Å². The van der Waals surface area contributed by atoms with Gasteiger partial charge in [-0.2, -0.15) is 0 Å². The highest BCUT2D eigenvalue weighted by Crippen LogP contribution is 2.34. The summed E-state index contributed by atoms with van der Waals surface area (Å²) in [6.45, 7) is 1.06. The molecule has 0 radical (unpaired) electrons. The van der Waals surface area contributed by atoms with E-state index in [0.29, 0.717) is 0 Å². The van der Waals surface area contributed by atoms with Crippen LogP contribution in [0.4, 0.5) is 11.5 Å². The Morgan fingerprint density at radius 1 is 1.33 bits per heavy atom. The van der Waals surface area contributed by atoms with Gasteiger partial charge >= 0.3 is 0 Å². The van der Waals surface area contributed by atoms with Gasteiger partial charge in [-0.1, -0.05) is 15.9 Å². The number of anilines is 2. The maximum Gasteiger partial charge on any atom is 0.134 e. The molecule has 4 heteroatoms. The third kappa shape index (κ3) is 1.85. The number of nitrogens with zero attached hydrogens (tertiary/aromatic N) is 2. The summed E-state index contributed by atoms with van der Waals surface area (Å²) < 4.78 is 1.05. The zero-order valence-corrected chi connectivity index (χ0v) is 12.0. The van der Waals surface area contributed by atoms with Crippen molar-refractivity contribution in [2.75, 3.05) is 24.2 Å². The Morgan fingerprint density at radius 3 is 3.00 bits per heavy atom. The summed E-state index contributed by atoms with van der Waals surface area (Å²) in [4.78, 5) is 7.01. The minimum Gasteiger partial charge on any atom is -0.398 e. The van der Waals surface area contributed by atoms with Crippen molar-refractivity contribution in [3.63, 3.8) is 0 Å². The van der Waals surface area contributed by atoms with Gasteiger partial charge in [-0.05, 0) is 37.5 Å². The number of pyridine rings is 1. The van der Waals surface area contributed by atoms with Crippen LogP contribution in [-0.2, 0) is 6.42 Å². The van der Waals surface area contributed by atoms with Crippen molar-refractivity contribution in [2.24, 2.45) is 0 Å². The van der Waals surface area contributed by atoms with Crippen molar-refractivity contribution in [2.45, 2.75) is 19.3 Å². The Morgan fingerprint density at radius 2 is 2.17 bits per heavy atom. The second-order valence-corrected chi connectivity index (χ2v) is 5.78. The summed E-state index contributed by atoms with van der Waals surface area (Å²) in [6, 6.07) is 6.09. The molecule has 0 aliphatic carbocycles. The fourth-order valence-electron chi connectivity index (χ4n) is 2.60. The van der Waals surface area contributed by atoms with E-state index in [9.17, 15) is 0 Å².